The molecule has 0 unspecified atom stereocenters. The van der Waals surface area contributed by atoms with E-state index >= 15 is 0 Å². The third kappa shape index (κ3) is 4.93. The Morgan fingerprint density at radius 1 is 1.44 bits per heavy atom. The highest BCUT2D eigenvalue weighted by atomic mass is 19.1. The van der Waals surface area contributed by atoms with Crippen molar-refractivity contribution < 1.29 is 4.39 Å². The molecule has 0 aliphatic carbocycles. The van der Waals surface area contributed by atoms with Crippen molar-refractivity contribution in [1.82, 2.24) is 15.7 Å². The van der Waals surface area contributed by atoms with Crippen LogP contribution in [0.2, 0.25) is 0 Å². The maximum atomic E-state index is 13.5. The zero-order chi connectivity index (χ0) is 12.6. The van der Waals surface area contributed by atoms with Crippen molar-refractivity contribution in [2.75, 3.05) is 14.1 Å². The van der Waals surface area contributed by atoms with Crippen LogP contribution in [0.1, 0.15) is 26.7 Å². The topological polar surface area (TPSA) is 30.9 Å². The Hall–Kier alpha value is -1.36. The van der Waals surface area contributed by atoms with Crippen molar-refractivity contribution in [3.05, 3.63) is 24.7 Å². The Kier molecular flexibility index (Phi) is 7.20. The molecule has 4 nitrogen and oxygen atoms in total. The molecule has 0 bridgehead atoms. The largest absolute Gasteiger partial charge is 0.308 e. The number of rotatable bonds is 7. The van der Waals surface area contributed by atoms with Gasteiger partial charge in [0.1, 0.15) is 5.83 Å². The van der Waals surface area contributed by atoms with E-state index < -0.39 is 0 Å². The quantitative estimate of drug-likeness (QED) is 0.536. The number of nitrogens with zero attached hydrogens (tertiary/aromatic N) is 3. The zero-order valence-corrected chi connectivity index (χ0v) is 10.5. The standard InChI is InChI=1S/C11H21FN4/c1-6-9-10(12)11(7-2)14-16(5)15(4)13-8-3/h8-9,13H,3,6-7H2,1-2,4-5H3/b10-9+,14-11+. The number of hydrogen-bond donors (Lipinski definition) is 1. The molecule has 92 valence electrons. The minimum atomic E-state index is -0.260. The smallest absolute Gasteiger partial charge is 0.142 e. The van der Waals surface area contributed by atoms with Gasteiger partial charge in [-0.2, -0.15) is 5.10 Å². The van der Waals surface area contributed by atoms with Gasteiger partial charge in [-0.1, -0.05) is 20.4 Å². The summed E-state index contributed by atoms with van der Waals surface area (Å²) in [5.74, 6) is -0.260. The lowest BCUT2D eigenvalue weighted by Crippen LogP contribution is -2.41. The monoisotopic (exact) mass is 228 g/mol. The Morgan fingerprint density at radius 3 is 2.50 bits per heavy atom. The lowest BCUT2D eigenvalue weighted by atomic mass is 10.2. The molecule has 0 atom stereocenters. The molecular formula is C11H21FN4. The van der Waals surface area contributed by atoms with Gasteiger partial charge in [-0.3, -0.25) is 0 Å². The number of nitrogens with one attached hydrogen (secondary N) is 1. The first-order valence-electron chi connectivity index (χ1n) is 5.34. The van der Waals surface area contributed by atoms with Crippen molar-refractivity contribution >= 4 is 5.71 Å². The van der Waals surface area contributed by atoms with Crippen molar-refractivity contribution in [2.45, 2.75) is 26.7 Å². The molecule has 0 spiro atoms. The minimum Gasteiger partial charge on any atom is -0.308 e. The van der Waals surface area contributed by atoms with Crippen LogP contribution < -0.4 is 5.43 Å². The summed E-state index contributed by atoms with van der Waals surface area (Å²) in [6.07, 6.45) is 4.26. The molecule has 0 radical (unpaired) electrons. The van der Waals surface area contributed by atoms with E-state index in [0.29, 0.717) is 18.6 Å². The van der Waals surface area contributed by atoms with Gasteiger partial charge in [-0.05, 0) is 18.9 Å². The maximum Gasteiger partial charge on any atom is 0.142 e. The number of hydrazone groups is 1. The van der Waals surface area contributed by atoms with Gasteiger partial charge in [-0.15, -0.1) is 5.12 Å². The van der Waals surface area contributed by atoms with Crippen LogP contribution in [0.15, 0.2) is 29.8 Å². The van der Waals surface area contributed by atoms with E-state index in [1.165, 1.54) is 17.4 Å². The third-order valence-corrected chi connectivity index (χ3v) is 1.97. The van der Waals surface area contributed by atoms with Crippen molar-refractivity contribution in [3.63, 3.8) is 0 Å². The molecule has 0 amide bonds. The van der Waals surface area contributed by atoms with Gasteiger partial charge < -0.3 is 5.43 Å². The normalized spacial score (nSPS) is 12.9. The molecule has 0 saturated heterocycles. The zero-order valence-electron chi connectivity index (χ0n) is 10.5. The number of halogens is 1. The van der Waals surface area contributed by atoms with Gasteiger partial charge in [0, 0.05) is 20.3 Å². The highest BCUT2D eigenvalue weighted by Crippen LogP contribution is 2.07. The average Bonchev–Trinajstić information content (AvgIpc) is 2.26. The fourth-order valence-corrected chi connectivity index (χ4v) is 1.04. The molecule has 0 aromatic carbocycles. The van der Waals surface area contributed by atoms with Crippen molar-refractivity contribution in [3.8, 4) is 0 Å². The summed E-state index contributed by atoms with van der Waals surface area (Å²) in [6, 6.07) is 0. The highest BCUT2D eigenvalue weighted by Gasteiger charge is 2.07. The van der Waals surface area contributed by atoms with Crippen LogP contribution in [0, 0.1) is 0 Å². The number of hydrogen-bond acceptors (Lipinski definition) is 4. The average molecular weight is 228 g/mol. The lowest BCUT2D eigenvalue weighted by Gasteiger charge is -2.25. The summed E-state index contributed by atoms with van der Waals surface area (Å²) in [5.41, 5.74) is 3.25. The van der Waals surface area contributed by atoms with Crippen LogP contribution in [0.4, 0.5) is 4.39 Å². The van der Waals surface area contributed by atoms with E-state index in [9.17, 15) is 4.39 Å². The van der Waals surface area contributed by atoms with Crippen LogP contribution in [0.5, 0.6) is 0 Å². The SMILES string of the molecule is C=CNN(C)N(C)/N=C(CC)/C(F)=C\CC. The first-order valence-corrected chi connectivity index (χ1v) is 5.34. The summed E-state index contributed by atoms with van der Waals surface area (Å²) in [4.78, 5) is 0. The molecule has 0 aromatic heterocycles. The molecule has 16 heavy (non-hydrogen) atoms. The maximum absolute atomic E-state index is 13.5. The molecule has 0 aromatic rings. The Bertz CT molecular complexity index is 273. The van der Waals surface area contributed by atoms with Gasteiger partial charge in [0.2, 0.25) is 0 Å². The van der Waals surface area contributed by atoms with Gasteiger partial charge in [0.05, 0.1) is 5.71 Å². The summed E-state index contributed by atoms with van der Waals surface area (Å²) in [7, 11) is 3.49. The van der Waals surface area contributed by atoms with Crippen LogP contribution in [-0.4, -0.2) is 30.0 Å². The van der Waals surface area contributed by atoms with Gasteiger partial charge in [-0.25, -0.2) is 9.51 Å². The Labute approximate surface area is 97.1 Å². The number of allylic oxidation sites excluding steroid dienone is 2. The molecule has 0 heterocycles. The highest BCUT2D eigenvalue weighted by molar-refractivity contribution is 5.97. The molecule has 1 N–H and O–H groups in total. The second-order valence-electron chi connectivity index (χ2n) is 3.21. The van der Waals surface area contributed by atoms with E-state index in [2.05, 4.69) is 17.1 Å². The fourth-order valence-electron chi connectivity index (χ4n) is 1.04. The predicted molar refractivity (Wildman–Crippen MR) is 66.1 cm³/mol. The molecule has 0 rings (SSSR count). The molecule has 0 saturated carbocycles. The van der Waals surface area contributed by atoms with Crippen molar-refractivity contribution in [1.29, 1.82) is 0 Å². The summed E-state index contributed by atoms with van der Waals surface area (Å²) in [5, 5.41) is 7.27. The summed E-state index contributed by atoms with van der Waals surface area (Å²) in [6.45, 7) is 7.30. The molecule has 5 heteroatoms. The van der Waals surface area contributed by atoms with Gasteiger partial charge in [0.15, 0.2) is 0 Å². The van der Waals surface area contributed by atoms with E-state index in [1.807, 2.05) is 13.8 Å². The minimum absolute atomic E-state index is 0.260. The second kappa shape index (κ2) is 7.87. The number of hydrazine groups is 2. The van der Waals surface area contributed by atoms with E-state index in [1.54, 1.807) is 19.2 Å². The van der Waals surface area contributed by atoms with E-state index in [0.717, 1.165) is 0 Å². The van der Waals surface area contributed by atoms with Crippen LogP contribution >= 0.6 is 0 Å². The van der Waals surface area contributed by atoms with Crippen LogP contribution in [0.25, 0.3) is 0 Å². The third-order valence-electron chi connectivity index (χ3n) is 1.97. The molecular weight excluding hydrogens is 207 g/mol. The summed E-state index contributed by atoms with van der Waals surface area (Å²) < 4.78 is 13.5. The molecule has 0 aliphatic rings. The molecule has 0 aliphatic heterocycles. The Morgan fingerprint density at radius 2 is 2.06 bits per heavy atom. The van der Waals surface area contributed by atoms with Gasteiger partial charge in [0.25, 0.3) is 0 Å². The Balaban J connectivity index is 4.68. The first-order chi connectivity index (χ1) is 7.56. The molecule has 0 fully saturated rings. The fraction of sp³-hybridized carbons (Fsp3) is 0.545. The van der Waals surface area contributed by atoms with Crippen molar-refractivity contribution in [2.24, 2.45) is 5.10 Å². The second-order valence-corrected chi connectivity index (χ2v) is 3.21. The summed E-state index contributed by atoms with van der Waals surface area (Å²) >= 11 is 0. The predicted octanol–water partition coefficient (Wildman–Crippen LogP) is 2.44. The lowest BCUT2D eigenvalue weighted by molar-refractivity contribution is -0.00525. The van der Waals surface area contributed by atoms with Gasteiger partial charge >= 0.3 is 0 Å². The van der Waals surface area contributed by atoms with Crippen LogP contribution in [0.3, 0.4) is 0 Å². The van der Waals surface area contributed by atoms with E-state index in [-0.39, 0.29) is 5.83 Å². The van der Waals surface area contributed by atoms with E-state index in [4.69, 9.17) is 0 Å². The first kappa shape index (κ1) is 14.6. The van der Waals surface area contributed by atoms with Crippen LogP contribution in [-0.2, 0) is 0 Å².